The molecule has 0 aliphatic carbocycles. The average Bonchev–Trinajstić information content (AvgIpc) is 2.88. The molecule has 2 N–H and O–H groups in total. The van der Waals surface area contributed by atoms with E-state index in [0.717, 1.165) is 15.8 Å². The van der Waals surface area contributed by atoms with Crippen molar-refractivity contribution in [2.75, 3.05) is 12.8 Å². The molecular weight excluding hydrogens is 270 g/mol. The number of nitrogens with two attached hydrogens (primary N) is 1. The van der Waals surface area contributed by atoms with Crippen LogP contribution < -0.4 is 5.73 Å². The van der Waals surface area contributed by atoms with Gasteiger partial charge in [-0.15, -0.1) is 11.3 Å². The van der Waals surface area contributed by atoms with Gasteiger partial charge in [-0.1, -0.05) is 36.4 Å². The predicted molar refractivity (Wildman–Crippen MR) is 83.0 cm³/mol. The molecule has 1 heterocycles. The van der Waals surface area contributed by atoms with Gasteiger partial charge in [-0.3, -0.25) is 0 Å². The van der Waals surface area contributed by atoms with Crippen LogP contribution in [0.5, 0.6) is 0 Å². The largest absolute Gasteiger partial charge is 0.465 e. The number of benzene rings is 2. The molecule has 0 saturated carbocycles. The fourth-order valence-electron chi connectivity index (χ4n) is 2.14. The Morgan fingerprint density at radius 2 is 1.85 bits per heavy atom. The molecule has 0 saturated heterocycles. The monoisotopic (exact) mass is 283 g/mol. The Bertz CT molecular complexity index is 792. The summed E-state index contributed by atoms with van der Waals surface area (Å²) in [6, 6.07) is 16.2. The topological polar surface area (TPSA) is 52.3 Å². The third-order valence-corrected chi connectivity index (χ3v) is 4.35. The average molecular weight is 283 g/mol. The zero-order valence-electron chi connectivity index (χ0n) is 10.9. The van der Waals surface area contributed by atoms with Crippen LogP contribution in [0, 0.1) is 0 Å². The van der Waals surface area contributed by atoms with Crippen molar-refractivity contribution in [3.63, 3.8) is 0 Å². The molecule has 3 rings (SSSR count). The second-order valence-corrected chi connectivity index (χ2v) is 5.50. The number of hydrogen-bond donors (Lipinski definition) is 1. The number of hydrogen-bond acceptors (Lipinski definition) is 4. The van der Waals surface area contributed by atoms with E-state index in [1.54, 1.807) is 0 Å². The number of ether oxygens (including phenoxy) is 1. The highest BCUT2D eigenvalue weighted by Gasteiger charge is 2.15. The van der Waals surface area contributed by atoms with Gasteiger partial charge in [0.1, 0.15) is 4.88 Å². The first-order valence-electron chi connectivity index (χ1n) is 6.16. The summed E-state index contributed by atoms with van der Waals surface area (Å²) in [6.07, 6.45) is 0. The number of carbonyl (C=O) groups is 1. The van der Waals surface area contributed by atoms with Gasteiger partial charge in [-0.2, -0.15) is 0 Å². The van der Waals surface area contributed by atoms with Gasteiger partial charge in [0.25, 0.3) is 0 Å². The quantitative estimate of drug-likeness (QED) is 0.725. The van der Waals surface area contributed by atoms with E-state index < -0.39 is 0 Å². The molecular formula is C16H13NO2S. The molecule has 4 heteroatoms. The van der Waals surface area contributed by atoms with Gasteiger partial charge in [0.2, 0.25) is 0 Å². The summed E-state index contributed by atoms with van der Waals surface area (Å²) < 4.78 is 4.73. The van der Waals surface area contributed by atoms with Crippen LogP contribution in [0.4, 0.5) is 5.69 Å². The highest BCUT2D eigenvalue weighted by atomic mass is 32.1. The van der Waals surface area contributed by atoms with Gasteiger partial charge in [0.05, 0.1) is 12.8 Å². The summed E-state index contributed by atoms with van der Waals surface area (Å²) >= 11 is 1.35. The second-order valence-electron chi connectivity index (χ2n) is 4.45. The Kier molecular flexibility index (Phi) is 3.16. The number of carbonyl (C=O) groups excluding carboxylic acids is 1. The molecule has 0 radical (unpaired) electrons. The molecule has 1 aromatic heterocycles. The molecule has 0 aliphatic heterocycles. The molecule has 0 fully saturated rings. The lowest BCUT2D eigenvalue weighted by atomic mass is 10.1. The summed E-state index contributed by atoms with van der Waals surface area (Å²) in [7, 11) is 1.36. The number of thiophene rings is 1. The molecule has 0 atom stereocenters. The van der Waals surface area contributed by atoms with Crippen molar-refractivity contribution in [3.05, 3.63) is 53.4 Å². The van der Waals surface area contributed by atoms with Crippen molar-refractivity contribution in [1.29, 1.82) is 0 Å². The van der Waals surface area contributed by atoms with E-state index in [2.05, 4.69) is 24.3 Å². The van der Waals surface area contributed by atoms with E-state index in [-0.39, 0.29) is 5.97 Å². The minimum Gasteiger partial charge on any atom is -0.465 e. The number of nitrogen functional groups attached to an aromatic ring is 1. The number of esters is 1. The highest BCUT2D eigenvalue weighted by Crippen LogP contribution is 2.34. The van der Waals surface area contributed by atoms with Crippen molar-refractivity contribution in [2.45, 2.75) is 0 Å². The molecule has 0 aliphatic rings. The number of fused-ring (bicyclic) bond motifs is 1. The van der Waals surface area contributed by atoms with E-state index in [4.69, 9.17) is 10.5 Å². The van der Waals surface area contributed by atoms with Crippen LogP contribution in [0.15, 0.2) is 48.5 Å². The lowest BCUT2D eigenvalue weighted by Gasteiger charge is -2.01. The molecule has 0 bridgehead atoms. The Hall–Kier alpha value is -2.33. The van der Waals surface area contributed by atoms with Crippen LogP contribution in [0.3, 0.4) is 0 Å². The first kappa shape index (κ1) is 12.7. The molecule has 3 nitrogen and oxygen atoms in total. The molecule has 0 spiro atoms. The van der Waals surface area contributed by atoms with E-state index in [9.17, 15) is 4.79 Å². The van der Waals surface area contributed by atoms with Gasteiger partial charge >= 0.3 is 5.97 Å². The van der Waals surface area contributed by atoms with Crippen molar-refractivity contribution < 1.29 is 9.53 Å². The number of rotatable bonds is 2. The van der Waals surface area contributed by atoms with Gasteiger partial charge < -0.3 is 10.5 Å². The van der Waals surface area contributed by atoms with Crippen molar-refractivity contribution in [2.24, 2.45) is 0 Å². The minimum absolute atomic E-state index is 0.389. The van der Waals surface area contributed by atoms with E-state index in [1.807, 2.05) is 24.3 Å². The maximum absolute atomic E-state index is 11.6. The van der Waals surface area contributed by atoms with Crippen molar-refractivity contribution in [3.8, 4) is 10.4 Å². The second kappa shape index (κ2) is 4.98. The zero-order chi connectivity index (χ0) is 14.1. The van der Waals surface area contributed by atoms with Crippen LogP contribution >= 0.6 is 11.3 Å². The first-order valence-corrected chi connectivity index (χ1v) is 6.97. The molecule has 100 valence electrons. The molecule has 3 aromatic rings. The third-order valence-electron chi connectivity index (χ3n) is 3.17. The zero-order valence-corrected chi connectivity index (χ0v) is 11.7. The highest BCUT2D eigenvalue weighted by molar-refractivity contribution is 7.18. The lowest BCUT2D eigenvalue weighted by Crippen LogP contribution is -2.00. The van der Waals surface area contributed by atoms with Gasteiger partial charge in [-0.25, -0.2) is 4.79 Å². The van der Waals surface area contributed by atoms with Gasteiger partial charge in [-0.05, 0) is 28.5 Å². The maximum Gasteiger partial charge on any atom is 0.350 e. The minimum atomic E-state index is -0.389. The SMILES string of the molecule is COC(=O)c1sc(-c2ccc3ccccc3c2)cc1N. The van der Waals surface area contributed by atoms with Crippen LogP contribution in [-0.4, -0.2) is 13.1 Å². The number of methoxy groups -OCH3 is 1. The smallest absolute Gasteiger partial charge is 0.350 e. The fraction of sp³-hybridized carbons (Fsp3) is 0.0625. The van der Waals surface area contributed by atoms with Gasteiger partial charge in [0.15, 0.2) is 0 Å². The normalized spacial score (nSPS) is 10.7. The van der Waals surface area contributed by atoms with Crippen molar-refractivity contribution >= 4 is 33.8 Å². The van der Waals surface area contributed by atoms with E-state index >= 15 is 0 Å². The first-order chi connectivity index (χ1) is 9.69. The Balaban J connectivity index is 2.09. The summed E-state index contributed by atoms with van der Waals surface area (Å²) in [4.78, 5) is 13.0. The standard InChI is InChI=1S/C16H13NO2S/c1-19-16(18)15-13(17)9-14(20-15)12-7-6-10-4-2-3-5-11(10)8-12/h2-9H,17H2,1H3. The summed E-state index contributed by atoms with van der Waals surface area (Å²) in [6.45, 7) is 0. The summed E-state index contributed by atoms with van der Waals surface area (Å²) in [5.74, 6) is -0.389. The van der Waals surface area contributed by atoms with E-state index in [0.29, 0.717) is 10.6 Å². The summed E-state index contributed by atoms with van der Waals surface area (Å²) in [5, 5.41) is 2.35. The maximum atomic E-state index is 11.6. The van der Waals surface area contributed by atoms with Crippen molar-refractivity contribution in [1.82, 2.24) is 0 Å². The van der Waals surface area contributed by atoms with Gasteiger partial charge in [0, 0.05) is 4.88 Å². The molecule has 0 amide bonds. The van der Waals surface area contributed by atoms with Crippen LogP contribution in [-0.2, 0) is 4.74 Å². The lowest BCUT2D eigenvalue weighted by molar-refractivity contribution is 0.0607. The predicted octanol–water partition coefficient (Wildman–Crippen LogP) is 3.94. The Labute approximate surface area is 120 Å². The van der Waals surface area contributed by atoms with Crippen LogP contribution in [0.25, 0.3) is 21.2 Å². The molecule has 0 unspecified atom stereocenters. The fourth-order valence-corrected chi connectivity index (χ4v) is 3.14. The molecule has 20 heavy (non-hydrogen) atoms. The Morgan fingerprint density at radius 1 is 1.10 bits per heavy atom. The summed E-state index contributed by atoms with van der Waals surface area (Å²) in [5.41, 5.74) is 7.39. The van der Waals surface area contributed by atoms with E-state index in [1.165, 1.54) is 23.8 Å². The Morgan fingerprint density at radius 3 is 2.60 bits per heavy atom. The molecule has 2 aromatic carbocycles. The third kappa shape index (κ3) is 2.14. The van der Waals surface area contributed by atoms with Crippen LogP contribution in [0.1, 0.15) is 9.67 Å². The number of anilines is 1. The van der Waals surface area contributed by atoms with Crippen LogP contribution in [0.2, 0.25) is 0 Å².